The topological polar surface area (TPSA) is 206 Å². The van der Waals surface area contributed by atoms with E-state index in [1.807, 2.05) is 19.9 Å². The first-order valence-electron chi connectivity index (χ1n) is 20.6. The standard InChI is InChI=1S/C42H69NO15/c1-11-16-32(48)55-40-27(6)53-34(23-42(40,7)58-31(47)12-2)56-37-26(5)54-41(36(50)35(37)43(8)9)57-38-28(19-20-44)21-24(3)29(45)18-15-13-14-17-25(4)52-33(49)22-30(46)39(38)51-10/h13-15,18,20,24-30,34-41,45-46,50H,11-12,16-17,19,21-23H2,1-10H3/b14-13-,18-15+. The SMILES string of the molecule is CCCC(=O)OC1C(C)OC(OC2C(C)OC(OC3C(CC=O)CC(C)C(O)/C=C/C=C\CC(C)OC(=O)CC(O)C3OC)C(O)C2N(C)C)CC1(C)OC(=O)CC. The van der Waals surface area contributed by atoms with Gasteiger partial charge in [-0.3, -0.25) is 14.4 Å². The molecule has 332 valence electrons. The molecule has 2 saturated heterocycles. The van der Waals surface area contributed by atoms with Gasteiger partial charge in [-0.25, -0.2) is 0 Å². The minimum Gasteiger partial charge on any atom is -0.462 e. The van der Waals surface area contributed by atoms with Crippen molar-refractivity contribution >= 4 is 24.2 Å². The maximum absolute atomic E-state index is 12.9. The van der Waals surface area contributed by atoms with Gasteiger partial charge in [-0.1, -0.05) is 45.1 Å². The molecule has 16 nitrogen and oxygen atoms in total. The van der Waals surface area contributed by atoms with Crippen molar-refractivity contribution in [1.29, 1.82) is 0 Å². The van der Waals surface area contributed by atoms with Crippen molar-refractivity contribution in [2.75, 3.05) is 21.2 Å². The van der Waals surface area contributed by atoms with E-state index in [9.17, 15) is 34.5 Å². The number of cyclic esters (lactones) is 1. The zero-order chi connectivity index (χ0) is 43.3. The molecular weight excluding hydrogens is 758 g/mol. The molecule has 0 amide bonds. The van der Waals surface area contributed by atoms with E-state index in [-0.39, 0.29) is 38.0 Å². The van der Waals surface area contributed by atoms with Crippen LogP contribution in [0, 0.1) is 11.8 Å². The first-order chi connectivity index (χ1) is 27.4. The maximum atomic E-state index is 12.9. The Morgan fingerprint density at radius 1 is 0.983 bits per heavy atom. The Bertz CT molecular complexity index is 1380. The van der Waals surface area contributed by atoms with E-state index in [0.29, 0.717) is 19.1 Å². The summed E-state index contributed by atoms with van der Waals surface area (Å²) in [6, 6.07) is -0.783. The van der Waals surface area contributed by atoms with Crippen LogP contribution in [0.5, 0.6) is 0 Å². The number of likely N-dealkylation sites (N-methyl/N-ethyl adjacent to an activating group) is 1. The highest BCUT2D eigenvalue weighted by atomic mass is 16.7. The van der Waals surface area contributed by atoms with Gasteiger partial charge in [0.2, 0.25) is 0 Å². The third kappa shape index (κ3) is 13.6. The summed E-state index contributed by atoms with van der Waals surface area (Å²) < 4.78 is 48.8. The summed E-state index contributed by atoms with van der Waals surface area (Å²) in [4.78, 5) is 52.1. The van der Waals surface area contributed by atoms with E-state index in [4.69, 9.17) is 37.9 Å². The Hall–Kier alpha value is -2.80. The molecule has 3 N–H and O–H groups in total. The normalized spacial score (nSPS) is 40.6. The molecule has 3 heterocycles. The van der Waals surface area contributed by atoms with Gasteiger partial charge in [0.25, 0.3) is 0 Å². The lowest BCUT2D eigenvalue weighted by Gasteiger charge is -2.50. The van der Waals surface area contributed by atoms with E-state index in [1.165, 1.54) is 7.11 Å². The molecule has 58 heavy (non-hydrogen) atoms. The number of aliphatic hydroxyl groups is 3. The summed E-state index contributed by atoms with van der Waals surface area (Å²) in [5, 5.41) is 34.5. The number of aldehydes is 1. The molecule has 0 radical (unpaired) electrons. The minimum absolute atomic E-state index is 0.00608. The number of hydrogen-bond acceptors (Lipinski definition) is 16. The highest BCUT2D eigenvalue weighted by Gasteiger charge is 2.54. The van der Waals surface area contributed by atoms with E-state index in [1.54, 1.807) is 71.8 Å². The molecule has 0 spiro atoms. The summed E-state index contributed by atoms with van der Waals surface area (Å²) in [7, 11) is 4.85. The number of hydrogen-bond donors (Lipinski definition) is 3. The predicted molar refractivity (Wildman–Crippen MR) is 210 cm³/mol. The van der Waals surface area contributed by atoms with Crippen molar-refractivity contribution in [3.63, 3.8) is 0 Å². The van der Waals surface area contributed by atoms with Crippen LogP contribution in [-0.2, 0) is 57.1 Å². The van der Waals surface area contributed by atoms with Crippen molar-refractivity contribution < 1.29 is 72.4 Å². The van der Waals surface area contributed by atoms with Crippen LogP contribution in [-0.4, -0.2) is 151 Å². The van der Waals surface area contributed by atoms with E-state index >= 15 is 0 Å². The molecule has 16 atom stereocenters. The summed E-state index contributed by atoms with van der Waals surface area (Å²) >= 11 is 0. The lowest BCUT2D eigenvalue weighted by Crippen LogP contribution is -2.66. The first kappa shape index (κ1) is 49.6. The Balaban J connectivity index is 1.95. The molecule has 3 aliphatic heterocycles. The van der Waals surface area contributed by atoms with Crippen molar-refractivity contribution in [1.82, 2.24) is 4.90 Å². The molecule has 3 aliphatic rings. The highest BCUT2D eigenvalue weighted by Crippen LogP contribution is 2.39. The molecular formula is C42H69NO15. The second-order valence-corrected chi connectivity index (χ2v) is 16.3. The number of nitrogens with zero attached hydrogens (tertiary/aromatic N) is 1. The van der Waals surface area contributed by atoms with Crippen molar-refractivity contribution in [3.05, 3.63) is 24.3 Å². The van der Waals surface area contributed by atoms with Crippen LogP contribution in [0.2, 0.25) is 0 Å². The van der Waals surface area contributed by atoms with Gasteiger partial charge in [-0.15, -0.1) is 0 Å². The van der Waals surface area contributed by atoms with Crippen LogP contribution < -0.4 is 0 Å². The van der Waals surface area contributed by atoms with Crippen LogP contribution in [0.3, 0.4) is 0 Å². The maximum Gasteiger partial charge on any atom is 0.308 e. The van der Waals surface area contributed by atoms with Gasteiger partial charge in [0, 0.05) is 39.2 Å². The van der Waals surface area contributed by atoms with Crippen LogP contribution in [0.4, 0.5) is 0 Å². The van der Waals surface area contributed by atoms with Crippen molar-refractivity contribution in [2.45, 2.75) is 185 Å². The zero-order valence-electron chi connectivity index (χ0n) is 35.9. The molecule has 0 aliphatic carbocycles. The lowest BCUT2D eigenvalue weighted by molar-refractivity contribution is -0.344. The number of carbonyl (C=O) groups is 4. The first-order valence-corrected chi connectivity index (χ1v) is 20.6. The molecule has 0 aromatic carbocycles. The number of esters is 3. The fourth-order valence-electron chi connectivity index (χ4n) is 8.07. The largest absolute Gasteiger partial charge is 0.462 e. The van der Waals surface area contributed by atoms with Gasteiger partial charge in [-0.2, -0.15) is 0 Å². The third-order valence-corrected chi connectivity index (χ3v) is 11.1. The lowest BCUT2D eigenvalue weighted by atomic mass is 9.82. The molecule has 16 unspecified atom stereocenters. The van der Waals surface area contributed by atoms with Gasteiger partial charge in [0.05, 0.1) is 43.0 Å². The quantitative estimate of drug-likeness (QED) is 0.139. The molecule has 3 rings (SSSR count). The predicted octanol–water partition coefficient (Wildman–Crippen LogP) is 3.16. The van der Waals surface area contributed by atoms with Crippen LogP contribution in [0.25, 0.3) is 0 Å². The van der Waals surface area contributed by atoms with Gasteiger partial charge in [-0.05, 0) is 66.5 Å². The molecule has 0 aromatic heterocycles. The fraction of sp³-hybridized carbons (Fsp3) is 0.810. The molecule has 16 heteroatoms. The molecule has 2 fully saturated rings. The Kier molecular flexibility index (Phi) is 19.9. The summed E-state index contributed by atoms with van der Waals surface area (Å²) in [5.41, 5.74) is -1.30. The Morgan fingerprint density at radius 2 is 1.69 bits per heavy atom. The number of ether oxygens (including phenoxy) is 8. The van der Waals surface area contributed by atoms with Crippen molar-refractivity contribution in [3.8, 4) is 0 Å². The van der Waals surface area contributed by atoms with E-state index in [0.717, 1.165) is 0 Å². The number of rotatable bonds is 13. The second-order valence-electron chi connectivity index (χ2n) is 16.3. The fourth-order valence-corrected chi connectivity index (χ4v) is 8.07. The van der Waals surface area contributed by atoms with Crippen LogP contribution in [0.15, 0.2) is 24.3 Å². The highest BCUT2D eigenvalue weighted by molar-refractivity contribution is 5.71. The number of methoxy groups -OCH3 is 1. The molecule has 0 saturated carbocycles. The van der Waals surface area contributed by atoms with E-state index < -0.39 is 116 Å². The molecule has 0 aromatic rings. The number of aliphatic hydroxyl groups excluding tert-OH is 3. The van der Waals surface area contributed by atoms with Gasteiger partial charge in [0.1, 0.15) is 30.7 Å². The second kappa shape index (κ2) is 23.3. The van der Waals surface area contributed by atoms with Gasteiger partial charge >= 0.3 is 17.9 Å². The number of allylic oxidation sites excluding steroid dienone is 2. The summed E-state index contributed by atoms with van der Waals surface area (Å²) in [6.07, 6.45) is -3.49. The monoisotopic (exact) mass is 827 g/mol. The van der Waals surface area contributed by atoms with E-state index in [2.05, 4.69) is 0 Å². The van der Waals surface area contributed by atoms with Crippen molar-refractivity contribution in [2.24, 2.45) is 11.8 Å². The average molecular weight is 828 g/mol. The smallest absolute Gasteiger partial charge is 0.308 e. The van der Waals surface area contributed by atoms with Crippen LogP contribution >= 0.6 is 0 Å². The Morgan fingerprint density at radius 3 is 2.31 bits per heavy atom. The zero-order valence-corrected chi connectivity index (χ0v) is 35.9. The number of carbonyl (C=O) groups excluding carboxylic acids is 4. The minimum atomic E-state index is -1.45. The summed E-state index contributed by atoms with van der Waals surface area (Å²) in [6.45, 7) is 12.2. The average Bonchev–Trinajstić information content (AvgIpc) is 3.13. The third-order valence-electron chi connectivity index (χ3n) is 11.1. The Labute approximate surface area is 343 Å². The molecule has 0 bridgehead atoms. The van der Waals surface area contributed by atoms with Gasteiger partial charge in [0.15, 0.2) is 24.3 Å². The van der Waals surface area contributed by atoms with Crippen LogP contribution in [0.1, 0.15) is 99.8 Å². The summed E-state index contributed by atoms with van der Waals surface area (Å²) in [5.74, 6) is -2.64. The van der Waals surface area contributed by atoms with Gasteiger partial charge < -0.3 is 62.9 Å².